The van der Waals surface area contributed by atoms with Gasteiger partial charge in [0.25, 0.3) is 0 Å². The molecule has 114 valence electrons. The molecule has 1 heterocycles. The summed E-state index contributed by atoms with van der Waals surface area (Å²) in [6, 6.07) is 15.6. The Kier molecular flexibility index (Phi) is 3.86. The molecule has 0 bridgehead atoms. The summed E-state index contributed by atoms with van der Waals surface area (Å²) in [5.74, 6) is 1.44. The first-order valence-corrected chi connectivity index (χ1v) is 7.40. The molecule has 0 amide bonds. The normalized spacial score (nSPS) is 12.8. The number of fused-ring (bicyclic) bond motifs is 1. The minimum Gasteiger partial charge on any atom is -0.497 e. The van der Waals surface area contributed by atoms with E-state index in [4.69, 9.17) is 4.74 Å². The van der Waals surface area contributed by atoms with Crippen LogP contribution >= 0.6 is 0 Å². The fraction of sp³-hybridized carbons (Fsp3) is 0.278. The number of nitrogens with zero attached hydrogens (tertiary/aromatic N) is 2. The Morgan fingerprint density at radius 2 is 1.73 bits per heavy atom. The van der Waals surface area contributed by atoms with Crippen molar-refractivity contribution in [2.24, 2.45) is 0 Å². The highest BCUT2D eigenvalue weighted by atomic mass is 16.5. The monoisotopic (exact) mass is 296 g/mol. The van der Waals surface area contributed by atoms with E-state index in [-0.39, 0.29) is 6.04 Å². The number of ether oxygens (including phenoxy) is 1. The zero-order valence-corrected chi connectivity index (χ0v) is 13.0. The minimum atomic E-state index is -0.763. The summed E-state index contributed by atoms with van der Waals surface area (Å²) in [6.07, 6.45) is -0.763. The van der Waals surface area contributed by atoms with Crippen molar-refractivity contribution in [2.75, 3.05) is 7.11 Å². The van der Waals surface area contributed by atoms with Crippen molar-refractivity contribution in [2.45, 2.75) is 26.0 Å². The highest BCUT2D eigenvalue weighted by Gasteiger charge is 2.21. The summed E-state index contributed by atoms with van der Waals surface area (Å²) < 4.78 is 7.25. The zero-order valence-electron chi connectivity index (χ0n) is 13.0. The van der Waals surface area contributed by atoms with Gasteiger partial charge in [-0.15, -0.1) is 0 Å². The number of hydrogen-bond acceptors (Lipinski definition) is 3. The molecule has 3 rings (SSSR count). The maximum absolute atomic E-state index is 10.8. The lowest BCUT2D eigenvalue weighted by Crippen LogP contribution is -2.12. The Balaban J connectivity index is 2.09. The van der Waals surface area contributed by atoms with E-state index in [2.05, 4.69) is 23.4 Å². The van der Waals surface area contributed by atoms with Gasteiger partial charge in [-0.3, -0.25) is 0 Å². The lowest BCUT2D eigenvalue weighted by molar-refractivity contribution is 0.203. The number of aromatic nitrogens is 2. The Morgan fingerprint density at radius 1 is 1.05 bits per heavy atom. The lowest BCUT2D eigenvalue weighted by atomic mass is 10.1. The fourth-order valence-electron chi connectivity index (χ4n) is 2.73. The number of rotatable bonds is 4. The maximum atomic E-state index is 10.8. The Morgan fingerprint density at radius 3 is 2.36 bits per heavy atom. The van der Waals surface area contributed by atoms with Gasteiger partial charge in [-0.05, 0) is 43.7 Å². The summed E-state index contributed by atoms with van der Waals surface area (Å²) in [4.78, 5) is 4.63. The van der Waals surface area contributed by atoms with Gasteiger partial charge in [-0.2, -0.15) is 0 Å². The Hall–Kier alpha value is -2.33. The van der Waals surface area contributed by atoms with Crippen LogP contribution in [0, 0.1) is 0 Å². The summed E-state index contributed by atoms with van der Waals surface area (Å²) >= 11 is 0. The van der Waals surface area contributed by atoms with Gasteiger partial charge in [0.1, 0.15) is 17.7 Å². The molecule has 1 aromatic heterocycles. The largest absolute Gasteiger partial charge is 0.497 e. The molecule has 22 heavy (non-hydrogen) atoms. The van der Waals surface area contributed by atoms with Crippen molar-refractivity contribution in [1.82, 2.24) is 9.55 Å². The van der Waals surface area contributed by atoms with E-state index in [9.17, 15) is 5.11 Å². The third-order valence-electron chi connectivity index (χ3n) is 3.82. The van der Waals surface area contributed by atoms with Crippen molar-refractivity contribution < 1.29 is 9.84 Å². The molecule has 1 N–H and O–H groups in total. The lowest BCUT2D eigenvalue weighted by Gasteiger charge is -2.17. The molecular weight excluding hydrogens is 276 g/mol. The molecule has 0 aliphatic carbocycles. The van der Waals surface area contributed by atoms with E-state index < -0.39 is 6.10 Å². The third kappa shape index (κ3) is 2.46. The van der Waals surface area contributed by atoms with E-state index >= 15 is 0 Å². The number of aliphatic hydroxyl groups is 1. The SMILES string of the molecule is COc1ccc([C@H](O)c2nc3ccccc3n2C(C)C)cc1. The molecule has 0 radical (unpaired) electrons. The average Bonchev–Trinajstić information content (AvgIpc) is 2.94. The molecule has 0 unspecified atom stereocenters. The van der Waals surface area contributed by atoms with Crippen LogP contribution in [0.15, 0.2) is 48.5 Å². The van der Waals surface area contributed by atoms with E-state index in [1.807, 2.05) is 48.5 Å². The third-order valence-corrected chi connectivity index (χ3v) is 3.82. The van der Waals surface area contributed by atoms with Gasteiger partial charge in [-0.1, -0.05) is 24.3 Å². The Labute approximate surface area is 130 Å². The second kappa shape index (κ2) is 5.81. The van der Waals surface area contributed by atoms with Crippen LogP contribution in [0.3, 0.4) is 0 Å². The number of aliphatic hydroxyl groups excluding tert-OH is 1. The van der Waals surface area contributed by atoms with Crippen LogP contribution in [0.25, 0.3) is 11.0 Å². The number of hydrogen-bond donors (Lipinski definition) is 1. The molecule has 4 heteroatoms. The molecule has 0 spiro atoms. The zero-order chi connectivity index (χ0) is 15.7. The summed E-state index contributed by atoms with van der Waals surface area (Å²) in [5, 5.41) is 10.8. The topological polar surface area (TPSA) is 47.3 Å². The Bertz CT molecular complexity index is 775. The van der Waals surface area contributed by atoms with Gasteiger partial charge in [0.2, 0.25) is 0 Å². The first-order valence-electron chi connectivity index (χ1n) is 7.40. The van der Waals surface area contributed by atoms with Gasteiger partial charge < -0.3 is 14.4 Å². The van der Waals surface area contributed by atoms with E-state index in [0.717, 1.165) is 22.3 Å². The van der Waals surface area contributed by atoms with Crippen molar-refractivity contribution >= 4 is 11.0 Å². The van der Waals surface area contributed by atoms with Crippen LogP contribution < -0.4 is 4.74 Å². The molecule has 3 aromatic rings. The van der Waals surface area contributed by atoms with Crippen LogP contribution in [-0.2, 0) is 0 Å². The molecule has 0 saturated heterocycles. The first kappa shape index (κ1) is 14.6. The van der Waals surface area contributed by atoms with Gasteiger partial charge in [0.15, 0.2) is 0 Å². The van der Waals surface area contributed by atoms with Crippen LogP contribution in [-0.4, -0.2) is 21.8 Å². The smallest absolute Gasteiger partial charge is 0.143 e. The molecule has 0 fully saturated rings. The fourth-order valence-corrected chi connectivity index (χ4v) is 2.73. The molecular formula is C18H20N2O2. The second-order valence-corrected chi connectivity index (χ2v) is 5.60. The van der Waals surface area contributed by atoms with Crippen LogP contribution in [0.2, 0.25) is 0 Å². The predicted molar refractivity (Wildman–Crippen MR) is 87.2 cm³/mol. The van der Waals surface area contributed by atoms with Gasteiger partial charge in [0, 0.05) is 6.04 Å². The van der Waals surface area contributed by atoms with Crippen molar-refractivity contribution in [3.63, 3.8) is 0 Å². The van der Waals surface area contributed by atoms with Crippen LogP contribution in [0.5, 0.6) is 5.75 Å². The van der Waals surface area contributed by atoms with Crippen LogP contribution in [0.1, 0.15) is 37.4 Å². The molecule has 4 nitrogen and oxygen atoms in total. The van der Waals surface area contributed by atoms with Gasteiger partial charge >= 0.3 is 0 Å². The summed E-state index contributed by atoms with van der Waals surface area (Å²) in [7, 11) is 1.63. The van der Waals surface area contributed by atoms with Gasteiger partial charge in [0.05, 0.1) is 18.1 Å². The van der Waals surface area contributed by atoms with E-state index in [0.29, 0.717) is 5.82 Å². The number of benzene rings is 2. The summed E-state index contributed by atoms with van der Waals surface area (Å²) in [6.45, 7) is 4.19. The van der Waals surface area contributed by atoms with Crippen LogP contribution in [0.4, 0.5) is 0 Å². The molecule has 0 aliphatic heterocycles. The van der Waals surface area contributed by atoms with Crippen molar-refractivity contribution in [3.05, 3.63) is 59.9 Å². The van der Waals surface area contributed by atoms with Gasteiger partial charge in [-0.25, -0.2) is 4.98 Å². The highest BCUT2D eigenvalue weighted by Crippen LogP contribution is 2.29. The van der Waals surface area contributed by atoms with Crippen molar-refractivity contribution in [1.29, 1.82) is 0 Å². The summed E-state index contributed by atoms with van der Waals surface area (Å²) in [5.41, 5.74) is 2.75. The van der Waals surface area contributed by atoms with E-state index in [1.54, 1.807) is 7.11 Å². The number of imidazole rings is 1. The molecule has 0 aliphatic rings. The average molecular weight is 296 g/mol. The standard InChI is InChI=1S/C18H20N2O2/c1-12(2)20-16-7-5-4-6-15(16)19-18(20)17(21)13-8-10-14(22-3)11-9-13/h4-12,17,21H,1-3H3/t17-/m0/s1. The second-order valence-electron chi connectivity index (χ2n) is 5.60. The van der Waals surface area contributed by atoms with E-state index in [1.165, 1.54) is 0 Å². The van der Waals surface area contributed by atoms with Crippen molar-refractivity contribution in [3.8, 4) is 5.75 Å². The molecule has 0 saturated carbocycles. The minimum absolute atomic E-state index is 0.218. The highest BCUT2D eigenvalue weighted by molar-refractivity contribution is 5.76. The quantitative estimate of drug-likeness (QED) is 0.798. The molecule has 2 aromatic carbocycles. The maximum Gasteiger partial charge on any atom is 0.143 e. The molecule has 1 atom stereocenters. The number of methoxy groups -OCH3 is 1. The predicted octanol–water partition coefficient (Wildman–Crippen LogP) is 3.71. The number of para-hydroxylation sites is 2. The first-order chi connectivity index (χ1) is 10.6.